The minimum absolute atomic E-state index is 0.751. The summed E-state index contributed by atoms with van der Waals surface area (Å²) in [6, 6.07) is 9.70. The van der Waals surface area contributed by atoms with Crippen LogP contribution in [-0.4, -0.2) is 9.97 Å². The van der Waals surface area contributed by atoms with Crippen LogP contribution in [0.5, 0.6) is 0 Å². The lowest BCUT2D eigenvalue weighted by molar-refractivity contribution is 1.31. The van der Waals surface area contributed by atoms with Gasteiger partial charge in [0.1, 0.15) is 0 Å². The van der Waals surface area contributed by atoms with Gasteiger partial charge >= 0.3 is 0 Å². The number of nitrogens with zero attached hydrogens (tertiary/aromatic N) is 2. The predicted octanol–water partition coefficient (Wildman–Crippen LogP) is 4.91. The molecule has 1 N–H and O–H groups in total. The second-order valence-electron chi connectivity index (χ2n) is 4.31. The number of nitrogens with one attached hydrogen (secondary N) is 1. The van der Waals surface area contributed by atoms with Gasteiger partial charge in [0.15, 0.2) is 5.13 Å². The molecule has 0 atom stereocenters. The molecule has 2 aromatic heterocycles. The van der Waals surface area contributed by atoms with E-state index in [9.17, 15) is 0 Å². The molecule has 3 aromatic rings. The maximum absolute atomic E-state index is 6.12. The van der Waals surface area contributed by atoms with Crippen LogP contribution in [0.4, 0.5) is 10.8 Å². The van der Waals surface area contributed by atoms with Crippen molar-refractivity contribution in [3.05, 3.63) is 58.7 Å². The Balaban J connectivity index is 1.86. The van der Waals surface area contributed by atoms with Gasteiger partial charge in [0.25, 0.3) is 0 Å². The fraction of sp³-hybridized carbons (Fsp3) is 0.0667. The summed E-state index contributed by atoms with van der Waals surface area (Å²) < 4.78 is 0. The minimum atomic E-state index is 0.751. The molecule has 3 rings (SSSR count). The standard InChI is InChI=1S/C15H12ClN3S/c1-10-12(16)3-2-4-13(10)18-15-19-14(9-20-15)11-5-7-17-8-6-11/h2-9H,1H3,(H,18,19). The molecular formula is C15H12ClN3S. The fourth-order valence-electron chi connectivity index (χ4n) is 1.84. The third-order valence-electron chi connectivity index (χ3n) is 2.99. The first-order valence-electron chi connectivity index (χ1n) is 6.12. The van der Waals surface area contributed by atoms with Crippen molar-refractivity contribution in [2.75, 3.05) is 5.32 Å². The molecule has 0 saturated carbocycles. The molecule has 0 fully saturated rings. The molecule has 0 aliphatic carbocycles. The van der Waals surface area contributed by atoms with Crippen molar-refractivity contribution in [1.29, 1.82) is 0 Å². The number of benzene rings is 1. The summed E-state index contributed by atoms with van der Waals surface area (Å²) in [5, 5.41) is 6.94. The Labute approximate surface area is 126 Å². The van der Waals surface area contributed by atoms with Crippen LogP contribution in [0.3, 0.4) is 0 Å². The molecule has 5 heteroatoms. The third-order valence-corrected chi connectivity index (χ3v) is 4.16. The zero-order valence-corrected chi connectivity index (χ0v) is 12.4. The summed E-state index contributed by atoms with van der Waals surface area (Å²) >= 11 is 7.69. The van der Waals surface area contributed by atoms with Crippen molar-refractivity contribution in [3.63, 3.8) is 0 Å². The van der Waals surface area contributed by atoms with Crippen LogP contribution in [0, 0.1) is 6.92 Å². The number of halogens is 1. The second-order valence-corrected chi connectivity index (χ2v) is 5.58. The quantitative estimate of drug-likeness (QED) is 0.747. The molecule has 0 unspecified atom stereocenters. The molecule has 2 heterocycles. The lowest BCUT2D eigenvalue weighted by Gasteiger charge is -2.07. The maximum Gasteiger partial charge on any atom is 0.187 e. The Morgan fingerprint density at radius 1 is 1.15 bits per heavy atom. The van der Waals surface area contributed by atoms with E-state index in [0.29, 0.717) is 0 Å². The van der Waals surface area contributed by atoms with Crippen LogP contribution in [0.25, 0.3) is 11.3 Å². The summed E-state index contributed by atoms with van der Waals surface area (Å²) in [4.78, 5) is 8.60. The fourth-order valence-corrected chi connectivity index (χ4v) is 2.75. The summed E-state index contributed by atoms with van der Waals surface area (Å²) in [5.74, 6) is 0. The van der Waals surface area contributed by atoms with Crippen molar-refractivity contribution in [2.24, 2.45) is 0 Å². The van der Waals surface area contributed by atoms with E-state index in [1.807, 2.05) is 42.6 Å². The van der Waals surface area contributed by atoms with Gasteiger partial charge in [0.05, 0.1) is 5.69 Å². The van der Waals surface area contributed by atoms with E-state index in [4.69, 9.17) is 11.6 Å². The second kappa shape index (κ2) is 5.61. The Kier molecular flexibility index (Phi) is 3.67. The lowest BCUT2D eigenvalue weighted by atomic mass is 10.2. The van der Waals surface area contributed by atoms with Gasteiger partial charge in [-0.1, -0.05) is 17.7 Å². The highest BCUT2D eigenvalue weighted by Gasteiger charge is 2.07. The Hall–Kier alpha value is -1.91. The van der Waals surface area contributed by atoms with Crippen molar-refractivity contribution >= 4 is 33.8 Å². The molecule has 0 radical (unpaired) electrons. The highest BCUT2D eigenvalue weighted by atomic mass is 35.5. The molecule has 0 aliphatic heterocycles. The molecule has 3 nitrogen and oxygen atoms in total. The summed E-state index contributed by atoms with van der Waals surface area (Å²) in [5.41, 5.74) is 4.01. The maximum atomic E-state index is 6.12. The zero-order valence-electron chi connectivity index (χ0n) is 10.8. The Bertz CT molecular complexity index is 725. The average molecular weight is 302 g/mol. The first-order chi connectivity index (χ1) is 9.74. The minimum Gasteiger partial charge on any atom is -0.331 e. The largest absolute Gasteiger partial charge is 0.331 e. The highest BCUT2D eigenvalue weighted by Crippen LogP contribution is 2.30. The molecule has 100 valence electrons. The Morgan fingerprint density at radius 3 is 2.75 bits per heavy atom. The van der Waals surface area contributed by atoms with Gasteiger partial charge in [-0.25, -0.2) is 4.98 Å². The van der Waals surface area contributed by atoms with E-state index in [1.165, 1.54) is 0 Å². The van der Waals surface area contributed by atoms with Crippen molar-refractivity contribution in [2.45, 2.75) is 6.92 Å². The number of pyridine rings is 1. The van der Waals surface area contributed by atoms with Gasteiger partial charge in [-0.3, -0.25) is 4.98 Å². The summed E-state index contributed by atoms with van der Waals surface area (Å²) in [7, 11) is 0. The number of thiazole rings is 1. The van der Waals surface area contributed by atoms with E-state index in [1.54, 1.807) is 23.7 Å². The summed E-state index contributed by atoms with van der Waals surface area (Å²) in [6.07, 6.45) is 3.53. The first-order valence-corrected chi connectivity index (χ1v) is 7.38. The van der Waals surface area contributed by atoms with Crippen LogP contribution in [-0.2, 0) is 0 Å². The topological polar surface area (TPSA) is 37.8 Å². The molecule has 0 bridgehead atoms. The summed E-state index contributed by atoms with van der Waals surface area (Å²) in [6.45, 7) is 1.99. The van der Waals surface area contributed by atoms with E-state index in [0.717, 1.165) is 32.7 Å². The van der Waals surface area contributed by atoms with E-state index < -0.39 is 0 Å². The van der Waals surface area contributed by atoms with Crippen LogP contribution in [0.2, 0.25) is 5.02 Å². The first kappa shape index (κ1) is 13.1. The molecule has 0 aliphatic rings. The van der Waals surface area contributed by atoms with Crippen LogP contribution in [0.15, 0.2) is 48.1 Å². The smallest absolute Gasteiger partial charge is 0.187 e. The molecule has 0 amide bonds. The number of rotatable bonds is 3. The van der Waals surface area contributed by atoms with Gasteiger partial charge in [0, 0.05) is 34.0 Å². The average Bonchev–Trinajstić information content (AvgIpc) is 2.93. The van der Waals surface area contributed by atoms with Crippen LogP contribution < -0.4 is 5.32 Å². The Morgan fingerprint density at radius 2 is 1.95 bits per heavy atom. The number of anilines is 2. The van der Waals surface area contributed by atoms with Crippen molar-refractivity contribution in [1.82, 2.24) is 9.97 Å². The molecule has 0 spiro atoms. The highest BCUT2D eigenvalue weighted by molar-refractivity contribution is 7.14. The zero-order chi connectivity index (χ0) is 13.9. The number of aromatic nitrogens is 2. The van der Waals surface area contributed by atoms with Gasteiger partial charge in [-0.15, -0.1) is 11.3 Å². The van der Waals surface area contributed by atoms with Gasteiger partial charge in [-0.05, 0) is 36.8 Å². The van der Waals surface area contributed by atoms with Crippen LogP contribution in [0.1, 0.15) is 5.56 Å². The van der Waals surface area contributed by atoms with Gasteiger partial charge in [-0.2, -0.15) is 0 Å². The van der Waals surface area contributed by atoms with Crippen molar-refractivity contribution < 1.29 is 0 Å². The molecule has 1 aromatic carbocycles. The SMILES string of the molecule is Cc1c(Cl)cccc1Nc1nc(-c2ccncc2)cs1. The normalized spacial score (nSPS) is 10.5. The third kappa shape index (κ3) is 2.66. The lowest BCUT2D eigenvalue weighted by Crippen LogP contribution is -1.93. The van der Waals surface area contributed by atoms with E-state index in [2.05, 4.69) is 15.3 Å². The molecule has 20 heavy (non-hydrogen) atoms. The van der Waals surface area contributed by atoms with E-state index in [-0.39, 0.29) is 0 Å². The van der Waals surface area contributed by atoms with Crippen molar-refractivity contribution in [3.8, 4) is 11.3 Å². The van der Waals surface area contributed by atoms with Crippen LogP contribution >= 0.6 is 22.9 Å². The van der Waals surface area contributed by atoms with Gasteiger partial charge in [0.2, 0.25) is 0 Å². The number of hydrogen-bond acceptors (Lipinski definition) is 4. The molecule has 0 saturated heterocycles. The molecular weight excluding hydrogens is 290 g/mol. The number of hydrogen-bond donors (Lipinski definition) is 1. The predicted molar refractivity (Wildman–Crippen MR) is 84.8 cm³/mol. The van der Waals surface area contributed by atoms with E-state index >= 15 is 0 Å². The monoisotopic (exact) mass is 301 g/mol. The van der Waals surface area contributed by atoms with Gasteiger partial charge < -0.3 is 5.32 Å².